The molecule has 0 aliphatic heterocycles. The monoisotopic (exact) mass is 509 g/mol. The van der Waals surface area contributed by atoms with Gasteiger partial charge in [0, 0.05) is 23.0 Å². The van der Waals surface area contributed by atoms with Crippen molar-refractivity contribution in [1.29, 1.82) is 0 Å². The summed E-state index contributed by atoms with van der Waals surface area (Å²) in [6.07, 6.45) is 3.66. The van der Waals surface area contributed by atoms with Crippen LogP contribution in [0.5, 0.6) is 0 Å². The fourth-order valence-electron chi connectivity index (χ4n) is 5.01. The second-order valence-corrected chi connectivity index (χ2v) is 11.1. The van der Waals surface area contributed by atoms with Crippen LogP contribution in [0.1, 0.15) is 69.3 Å². The molecule has 6 nitrogen and oxygen atoms in total. The van der Waals surface area contributed by atoms with Gasteiger partial charge >= 0.3 is 0 Å². The molecule has 2 aromatic carbocycles. The van der Waals surface area contributed by atoms with E-state index in [0.717, 1.165) is 5.56 Å². The van der Waals surface area contributed by atoms with Crippen LogP contribution in [0, 0.1) is 5.92 Å². The summed E-state index contributed by atoms with van der Waals surface area (Å²) in [5.41, 5.74) is -0.861. The molecule has 1 atom stereocenters. The number of halogens is 1. The van der Waals surface area contributed by atoms with Gasteiger partial charge in [-0.1, -0.05) is 48.0 Å². The quantitative estimate of drug-likeness (QED) is 0.409. The summed E-state index contributed by atoms with van der Waals surface area (Å²) in [5, 5.41) is 9.91. The lowest BCUT2D eigenvalue weighted by Gasteiger charge is -2.55. The van der Waals surface area contributed by atoms with E-state index in [0.29, 0.717) is 36.3 Å². The number of carbonyl (C=O) groups is 3. The molecule has 192 valence electrons. The zero-order valence-corrected chi connectivity index (χ0v) is 22.2. The minimum atomic E-state index is -1.14. The molecule has 1 aliphatic carbocycles. The van der Waals surface area contributed by atoms with Crippen molar-refractivity contribution in [1.82, 2.24) is 16.0 Å². The molecule has 1 fully saturated rings. The van der Waals surface area contributed by atoms with E-state index in [1.165, 1.54) is 6.92 Å². The van der Waals surface area contributed by atoms with Gasteiger partial charge in [-0.2, -0.15) is 0 Å². The van der Waals surface area contributed by atoms with Crippen molar-refractivity contribution in [3.8, 4) is 0 Å². The molecule has 1 saturated carbocycles. The molecule has 0 spiro atoms. The van der Waals surface area contributed by atoms with Gasteiger partial charge in [0.1, 0.15) is 5.54 Å². The van der Waals surface area contributed by atoms with Crippen LogP contribution in [0.2, 0.25) is 5.02 Å². The van der Waals surface area contributed by atoms with Crippen molar-refractivity contribution in [3.05, 3.63) is 83.4 Å². The molecule has 0 heterocycles. The number of amides is 3. The molecule has 2 aromatic rings. The summed E-state index contributed by atoms with van der Waals surface area (Å²) in [4.78, 5) is 39.3. The summed E-state index contributed by atoms with van der Waals surface area (Å²) in [5.74, 6) is -0.911. The maximum absolute atomic E-state index is 13.7. The van der Waals surface area contributed by atoms with Crippen molar-refractivity contribution in [2.24, 2.45) is 5.92 Å². The van der Waals surface area contributed by atoms with Crippen molar-refractivity contribution >= 4 is 29.3 Å². The Morgan fingerprint density at radius 1 is 1.03 bits per heavy atom. The predicted molar refractivity (Wildman–Crippen MR) is 144 cm³/mol. The van der Waals surface area contributed by atoms with Crippen LogP contribution in [0.15, 0.2) is 67.3 Å². The van der Waals surface area contributed by atoms with E-state index in [2.05, 4.69) is 22.5 Å². The zero-order chi connectivity index (χ0) is 26.6. The van der Waals surface area contributed by atoms with Crippen molar-refractivity contribution in [2.75, 3.05) is 0 Å². The third-order valence-electron chi connectivity index (χ3n) is 6.71. The summed E-state index contributed by atoms with van der Waals surface area (Å²) in [6, 6.07) is 16.4. The highest BCUT2D eigenvalue weighted by Gasteiger charge is 2.58. The number of rotatable bonds is 9. The minimum absolute atomic E-state index is 0.195. The van der Waals surface area contributed by atoms with Gasteiger partial charge in [-0.05, 0) is 82.2 Å². The third kappa shape index (κ3) is 6.16. The standard InChI is InChI=1S/C29H36ClN3O3/c1-6-7-17-29(31-20(2)34,26(36)33-27(3,4)5)23-18-28(19-23,22-13-15-24(30)16-14-22)32-25(35)21-11-9-8-10-12-21/h6,8-16,23H,1,7,17-19H2,2-5H3,(H,31,34)(H,32,35)(H,33,36). The van der Waals surface area contributed by atoms with Gasteiger partial charge in [0.15, 0.2) is 0 Å². The van der Waals surface area contributed by atoms with Crippen LogP contribution in [-0.2, 0) is 15.1 Å². The molecule has 0 radical (unpaired) electrons. The van der Waals surface area contributed by atoms with Gasteiger partial charge in [-0.25, -0.2) is 0 Å². The molecular formula is C29H36ClN3O3. The molecule has 3 N–H and O–H groups in total. The topological polar surface area (TPSA) is 87.3 Å². The van der Waals surface area contributed by atoms with E-state index < -0.39 is 16.6 Å². The van der Waals surface area contributed by atoms with Gasteiger partial charge in [-0.3, -0.25) is 14.4 Å². The molecule has 3 rings (SSSR count). The molecule has 7 heteroatoms. The fourth-order valence-corrected chi connectivity index (χ4v) is 5.13. The van der Waals surface area contributed by atoms with E-state index in [1.807, 2.05) is 51.1 Å². The summed E-state index contributed by atoms with van der Waals surface area (Å²) in [7, 11) is 0. The first-order chi connectivity index (χ1) is 16.9. The summed E-state index contributed by atoms with van der Waals surface area (Å²) < 4.78 is 0. The van der Waals surface area contributed by atoms with Crippen LogP contribution in [0.3, 0.4) is 0 Å². The maximum Gasteiger partial charge on any atom is 0.251 e. The van der Waals surface area contributed by atoms with E-state index >= 15 is 0 Å². The third-order valence-corrected chi connectivity index (χ3v) is 6.96. The second kappa shape index (κ2) is 10.9. The number of carbonyl (C=O) groups excluding carboxylic acids is 3. The minimum Gasteiger partial charge on any atom is -0.349 e. The first kappa shape index (κ1) is 27.5. The van der Waals surface area contributed by atoms with Crippen molar-refractivity contribution in [3.63, 3.8) is 0 Å². The Bertz CT molecular complexity index is 1100. The van der Waals surface area contributed by atoms with Crippen molar-refractivity contribution in [2.45, 2.75) is 70.0 Å². The lowest BCUT2D eigenvalue weighted by atomic mass is 9.56. The first-order valence-corrected chi connectivity index (χ1v) is 12.6. The number of benzene rings is 2. The van der Waals surface area contributed by atoms with Gasteiger partial charge in [0.2, 0.25) is 11.8 Å². The zero-order valence-electron chi connectivity index (χ0n) is 21.5. The molecule has 0 aromatic heterocycles. The Hall–Kier alpha value is -3.12. The fraction of sp³-hybridized carbons (Fsp3) is 0.414. The number of hydrogen-bond donors (Lipinski definition) is 3. The van der Waals surface area contributed by atoms with Gasteiger partial charge in [-0.15, -0.1) is 6.58 Å². The summed E-state index contributed by atoms with van der Waals surface area (Å²) >= 11 is 6.15. The average Bonchev–Trinajstić information content (AvgIpc) is 2.78. The highest BCUT2D eigenvalue weighted by molar-refractivity contribution is 6.30. The van der Waals surface area contributed by atoms with E-state index in [1.54, 1.807) is 30.3 Å². The second-order valence-electron chi connectivity index (χ2n) is 10.7. The molecule has 3 amide bonds. The Morgan fingerprint density at radius 3 is 2.17 bits per heavy atom. The van der Waals surface area contributed by atoms with Gasteiger partial charge in [0.05, 0.1) is 5.54 Å². The molecule has 36 heavy (non-hydrogen) atoms. The molecule has 1 unspecified atom stereocenters. The van der Waals surface area contributed by atoms with Gasteiger partial charge < -0.3 is 16.0 Å². The summed E-state index contributed by atoms with van der Waals surface area (Å²) in [6.45, 7) is 11.0. The Balaban J connectivity index is 2.00. The number of nitrogens with one attached hydrogen (secondary N) is 3. The van der Waals surface area contributed by atoms with Gasteiger partial charge in [0.25, 0.3) is 5.91 Å². The van der Waals surface area contributed by atoms with Crippen LogP contribution in [0.4, 0.5) is 0 Å². The maximum atomic E-state index is 13.7. The highest BCUT2D eigenvalue weighted by Crippen LogP contribution is 2.52. The normalized spacial score (nSPS) is 20.9. The van der Waals surface area contributed by atoms with Crippen LogP contribution in [-0.4, -0.2) is 28.8 Å². The predicted octanol–water partition coefficient (Wildman–Crippen LogP) is 5.13. The van der Waals surface area contributed by atoms with E-state index in [4.69, 9.17) is 11.6 Å². The van der Waals surface area contributed by atoms with Crippen LogP contribution in [0.25, 0.3) is 0 Å². The lowest BCUT2D eigenvalue weighted by molar-refractivity contribution is -0.141. The molecule has 0 saturated heterocycles. The van der Waals surface area contributed by atoms with Crippen LogP contribution < -0.4 is 16.0 Å². The first-order valence-electron chi connectivity index (χ1n) is 12.3. The van der Waals surface area contributed by atoms with Crippen molar-refractivity contribution < 1.29 is 14.4 Å². The Labute approximate surface area is 218 Å². The van der Waals surface area contributed by atoms with E-state index in [9.17, 15) is 14.4 Å². The average molecular weight is 510 g/mol. The Morgan fingerprint density at radius 2 is 1.64 bits per heavy atom. The lowest BCUT2D eigenvalue weighted by Crippen LogP contribution is -2.70. The number of hydrogen-bond acceptors (Lipinski definition) is 3. The Kier molecular flexibility index (Phi) is 8.29. The SMILES string of the molecule is C=CCCC(NC(C)=O)(C(=O)NC(C)(C)C)C1CC(NC(=O)c2ccccc2)(c2ccc(Cl)cc2)C1. The number of allylic oxidation sites excluding steroid dienone is 1. The van der Waals surface area contributed by atoms with E-state index in [-0.39, 0.29) is 23.6 Å². The highest BCUT2D eigenvalue weighted by atomic mass is 35.5. The smallest absolute Gasteiger partial charge is 0.251 e. The molecule has 1 aliphatic rings. The largest absolute Gasteiger partial charge is 0.349 e. The van der Waals surface area contributed by atoms with Crippen LogP contribution >= 0.6 is 11.6 Å². The molecule has 0 bridgehead atoms. The molecular weight excluding hydrogens is 474 g/mol.